The molecule has 1 aliphatic heterocycles. The Morgan fingerprint density at radius 3 is 2.29 bits per heavy atom. The van der Waals surface area contributed by atoms with Crippen LogP contribution < -0.4 is 4.74 Å². The standard InChI is InChI=1S/C18H26BFO4/c1-17(2)18(3,4)24-19(23-17)16(20)15(10-11-21-5)13-8-7-9-14(12-13)22-6/h7-9,12H,10-11H2,1-6H3. The van der Waals surface area contributed by atoms with E-state index in [-0.39, 0.29) is 0 Å². The van der Waals surface area contributed by atoms with E-state index in [2.05, 4.69) is 0 Å². The van der Waals surface area contributed by atoms with E-state index in [0.29, 0.717) is 24.4 Å². The Morgan fingerprint density at radius 2 is 1.75 bits per heavy atom. The highest BCUT2D eigenvalue weighted by atomic mass is 19.1. The fourth-order valence-corrected chi connectivity index (χ4v) is 2.51. The molecule has 0 unspecified atom stereocenters. The van der Waals surface area contributed by atoms with Crippen LogP contribution in [-0.4, -0.2) is 39.1 Å². The molecule has 6 heteroatoms. The summed E-state index contributed by atoms with van der Waals surface area (Å²) in [5.74, 6) is 0.670. The minimum Gasteiger partial charge on any atom is -0.497 e. The summed E-state index contributed by atoms with van der Waals surface area (Å²) in [4.78, 5) is 0. The Balaban J connectivity index is 2.40. The summed E-state index contributed by atoms with van der Waals surface area (Å²) in [6.07, 6.45) is 0.416. The molecule has 0 bridgehead atoms. The molecule has 0 N–H and O–H groups in total. The molecule has 0 radical (unpaired) electrons. The highest BCUT2D eigenvalue weighted by Crippen LogP contribution is 2.40. The lowest BCUT2D eigenvalue weighted by molar-refractivity contribution is 0.00578. The van der Waals surface area contributed by atoms with Gasteiger partial charge in [-0.2, -0.15) is 0 Å². The van der Waals surface area contributed by atoms with E-state index in [0.717, 1.165) is 5.56 Å². The van der Waals surface area contributed by atoms with Crippen molar-refractivity contribution in [2.45, 2.75) is 45.3 Å². The molecule has 132 valence electrons. The third kappa shape index (κ3) is 3.82. The second-order valence-corrected chi connectivity index (χ2v) is 6.89. The van der Waals surface area contributed by atoms with Gasteiger partial charge in [-0.05, 0) is 57.4 Å². The molecule has 1 fully saturated rings. The van der Waals surface area contributed by atoms with Gasteiger partial charge in [-0.25, -0.2) is 4.39 Å². The quantitative estimate of drug-likeness (QED) is 0.735. The lowest BCUT2D eigenvalue weighted by Gasteiger charge is -2.32. The molecule has 4 nitrogen and oxygen atoms in total. The first-order chi connectivity index (χ1) is 11.2. The second-order valence-electron chi connectivity index (χ2n) is 6.89. The van der Waals surface area contributed by atoms with Crippen LogP contribution in [0.2, 0.25) is 0 Å². The number of halogens is 1. The molecule has 1 heterocycles. The van der Waals surface area contributed by atoms with Gasteiger partial charge in [0.05, 0.1) is 24.9 Å². The Hall–Kier alpha value is -1.37. The molecule has 0 atom stereocenters. The molecule has 1 aliphatic rings. The van der Waals surface area contributed by atoms with Gasteiger partial charge in [-0.15, -0.1) is 0 Å². The van der Waals surface area contributed by atoms with Crippen LogP contribution in [0, 0.1) is 0 Å². The zero-order valence-electron chi connectivity index (χ0n) is 15.3. The van der Waals surface area contributed by atoms with Crippen LogP contribution in [-0.2, 0) is 14.0 Å². The third-order valence-electron chi connectivity index (χ3n) is 4.72. The lowest BCUT2D eigenvalue weighted by Crippen LogP contribution is -2.41. The minimum atomic E-state index is -1.02. The summed E-state index contributed by atoms with van der Waals surface area (Å²) in [5.41, 5.74) is -0.349. The molecule has 0 spiro atoms. The molecule has 0 aromatic heterocycles. The van der Waals surface area contributed by atoms with Crippen molar-refractivity contribution in [3.05, 3.63) is 35.6 Å². The van der Waals surface area contributed by atoms with Crippen molar-refractivity contribution in [2.75, 3.05) is 20.8 Å². The maximum absolute atomic E-state index is 15.2. The normalized spacial score (nSPS) is 20.0. The predicted octanol–water partition coefficient (Wildman–Crippen LogP) is 4.04. The number of hydrogen-bond acceptors (Lipinski definition) is 4. The van der Waals surface area contributed by atoms with Gasteiger partial charge in [0, 0.05) is 7.11 Å². The summed E-state index contributed by atoms with van der Waals surface area (Å²) >= 11 is 0. The van der Waals surface area contributed by atoms with E-state index < -0.39 is 24.0 Å². The summed E-state index contributed by atoms with van der Waals surface area (Å²) in [5, 5.41) is 0. The van der Waals surface area contributed by atoms with Crippen molar-refractivity contribution >= 4 is 12.7 Å². The van der Waals surface area contributed by atoms with E-state index in [9.17, 15) is 0 Å². The second kappa shape index (κ2) is 7.25. The molecule has 1 aromatic rings. The van der Waals surface area contributed by atoms with Crippen molar-refractivity contribution in [2.24, 2.45) is 0 Å². The zero-order chi connectivity index (χ0) is 18.0. The van der Waals surface area contributed by atoms with Crippen molar-refractivity contribution in [3.63, 3.8) is 0 Å². The molecule has 1 saturated heterocycles. The molecule has 1 aromatic carbocycles. The third-order valence-corrected chi connectivity index (χ3v) is 4.72. The van der Waals surface area contributed by atoms with Gasteiger partial charge in [0.2, 0.25) is 0 Å². The summed E-state index contributed by atoms with van der Waals surface area (Å²) in [7, 11) is 2.16. The largest absolute Gasteiger partial charge is 0.525 e. The summed E-state index contributed by atoms with van der Waals surface area (Å²) in [6, 6.07) is 7.30. The fourth-order valence-electron chi connectivity index (χ4n) is 2.51. The smallest absolute Gasteiger partial charge is 0.497 e. The molecule has 0 amide bonds. The molecular formula is C18H26BFO4. The van der Waals surface area contributed by atoms with Gasteiger partial charge in [-0.3, -0.25) is 0 Å². The summed E-state index contributed by atoms with van der Waals surface area (Å²) < 4.78 is 37.3. The highest BCUT2D eigenvalue weighted by molar-refractivity contribution is 6.55. The van der Waals surface area contributed by atoms with Crippen LogP contribution in [0.3, 0.4) is 0 Å². The lowest BCUT2D eigenvalue weighted by atomic mass is 9.82. The monoisotopic (exact) mass is 336 g/mol. The Bertz CT molecular complexity index is 597. The van der Waals surface area contributed by atoms with Gasteiger partial charge in [0.1, 0.15) is 11.5 Å². The highest BCUT2D eigenvalue weighted by Gasteiger charge is 2.53. The zero-order valence-corrected chi connectivity index (χ0v) is 15.3. The number of ether oxygens (including phenoxy) is 2. The van der Waals surface area contributed by atoms with Gasteiger partial charge < -0.3 is 18.8 Å². The van der Waals surface area contributed by atoms with Gasteiger partial charge >= 0.3 is 7.12 Å². The van der Waals surface area contributed by atoms with Crippen LogP contribution in [0.4, 0.5) is 4.39 Å². The molecule has 0 saturated carbocycles. The molecule has 0 aliphatic carbocycles. The van der Waals surface area contributed by atoms with Crippen molar-refractivity contribution in [1.29, 1.82) is 0 Å². The minimum absolute atomic E-state index is 0.402. The van der Waals surface area contributed by atoms with E-state index in [1.54, 1.807) is 20.3 Å². The van der Waals surface area contributed by atoms with Gasteiger partial charge in [0.25, 0.3) is 0 Å². The first-order valence-corrected chi connectivity index (χ1v) is 8.09. The van der Waals surface area contributed by atoms with Crippen LogP contribution in [0.1, 0.15) is 39.7 Å². The van der Waals surface area contributed by atoms with Gasteiger partial charge in [-0.1, -0.05) is 12.1 Å². The van der Waals surface area contributed by atoms with E-state index in [4.69, 9.17) is 18.8 Å². The predicted molar refractivity (Wildman–Crippen MR) is 93.6 cm³/mol. The maximum atomic E-state index is 15.2. The molecule has 24 heavy (non-hydrogen) atoms. The average molecular weight is 336 g/mol. The van der Waals surface area contributed by atoms with E-state index >= 15 is 4.39 Å². The van der Waals surface area contributed by atoms with E-state index in [1.165, 1.54) is 0 Å². The number of hydrogen-bond donors (Lipinski definition) is 0. The number of rotatable bonds is 6. The molecular weight excluding hydrogens is 310 g/mol. The first kappa shape index (κ1) is 19.0. The van der Waals surface area contributed by atoms with Crippen LogP contribution in [0.15, 0.2) is 30.0 Å². The van der Waals surface area contributed by atoms with Crippen molar-refractivity contribution < 1.29 is 23.2 Å². The van der Waals surface area contributed by atoms with Crippen LogP contribution >= 0.6 is 0 Å². The Morgan fingerprint density at radius 1 is 1.12 bits per heavy atom. The first-order valence-electron chi connectivity index (χ1n) is 8.09. The maximum Gasteiger partial charge on any atom is 0.525 e. The molecule has 2 rings (SSSR count). The van der Waals surface area contributed by atoms with Gasteiger partial charge in [0.15, 0.2) is 0 Å². The summed E-state index contributed by atoms with van der Waals surface area (Å²) in [6.45, 7) is 8.02. The SMILES string of the molecule is COCCC(=C(F)B1OC(C)(C)C(C)(C)O1)c1cccc(OC)c1. The fraction of sp³-hybridized carbons (Fsp3) is 0.556. The van der Waals surface area contributed by atoms with Crippen LogP contribution in [0.5, 0.6) is 5.75 Å². The van der Waals surface area contributed by atoms with Crippen LogP contribution in [0.25, 0.3) is 5.57 Å². The topological polar surface area (TPSA) is 36.9 Å². The van der Waals surface area contributed by atoms with E-state index in [1.807, 2.05) is 45.9 Å². The number of benzene rings is 1. The van der Waals surface area contributed by atoms with Crippen molar-refractivity contribution in [3.8, 4) is 5.75 Å². The average Bonchev–Trinajstić information content (AvgIpc) is 2.76. The Kier molecular flexibility index (Phi) is 5.73. The van der Waals surface area contributed by atoms with Crippen molar-refractivity contribution in [1.82, 2.24) is 0 Å². The Labute approximate surface area is 144 Å². The number of methoxy groups -OCH3 is 2.